The molecular weight excluding hydrogens is 328 g/mol. The molecule has 0 spiro atoms. The lowest BCUT2D eigenvalue weighted by atomic mass is 9.81. The Morgan fingerprint density at radius 3 is 2.65 bits per heavy atom. The van der Waals surface area contributed by atoms with Gasteiger partial charge in [-0.1, -0.05) is 13.8 Å². The number of nitrogens with one attached hydrogen (secondary N) is 1. The third-order valence-electron chi connectivity index (χ3n) is 3.63. The number of hydrogen-bond acceptors (Lipinski definition) is 2. The lowest BCUT2D eigenvalue weighted by molar-refractivity contribution is 0.190. The maximum Gasteiger partial charge on any atom is 0.143 e. The molecule has 0 bridgehead atoms. The highest BCUT2D eigenvalue weighted by Gasteiger charge is 2.26. The van der Waals surface area contributed by atoms with E-state index in [1.807, 2.05) is 13.8 Å². The van der Waals surface area contributed by atoms with Gasteiger partial charge in [-0.15, -0.1) is 0 Å². The molecule has 0 aromatic heterocycles. The van der Waals surface area contributed by atoms with Gasteiger partial charge in [0.1, 0.15) is 11.6 Å². The van der Waals surface area contributed by atoms with Crippen molar-refractivity contribution in [2.24, 2.45) is 5.41 Å². The van der Waals surface area contributed by atoms with Crippen molar-refractivity contribution in [2.75, 3.05) is 26.8 Å². The first kappa shape index (κ1) is 17.5. The minimum atomic E-state index is -0.499. The van der Waals surface area contributed by atoms with Crippen LogP contribution in [0.2, 0.25) is 0 Å². The van der Waals surface area contributed by atoms with Gasteiger partial charge in [0.2, 0.25) is 0 Å². The number of rotatable bonds is 8. The monoisotopic (exact) mass is 349 g/mol. The van der Waals surface area contributed by atoms with Crippen molar-refractivity contribution in [3.05, 3.63) is 33.8 Å². The number of ether oxygens (including phenoxy) is 1. The summed E-state index contributed by atoms with van der Waals surface area (Å²) in [6, 6.07) is 2.70. The zero-order valence-corrected chi connectivity index (χ0v) is 13.8. The highest BCUT2D eigenvalue weighted by Crippen LogP contribution is 2.30. The normalized spacial score (nSPS) is 14.3. The number of benzene rings is 1. The van der Waals surface area contributed by atoms with Crippen LogP contribution in [0.3, 0.4) is 0 Å². The van der Waals surface area contributed by atoms with E-state index in [0.717, 1.165) is 13.0 Å². The Kier molecular flexibility index (Phi) is 7.06. The van der Waals surface area contributed by atoms with E-state index in [0.29, 0.717) is 24.0 Å². The van der Waals surface area contributed by atoms with Gasteiger partial charge in [-0.05, 0) is 46.3 Å². The third kappa shape index (κ3) is 4.79. The van der Waals surface area contributed by atoms with Crippen LogP contribution in [-0.4, -0.2) is 26.8 Å². The Bertz CT molecular complexity index is 442. The molecule has 1 rings (SSSR count). The predicted molar refractivity (Wildman–Crippen MR) is 80.9 cm³/mol. The van der Waals surface area contributed by atoms with Crippen molar-refractivity contribution in [3.63, 3.8) is 0 Å². The lowest BCUT2D eigenvalue weighted by Crippen LogP contribution is -2.35. The number of halogens is 3. The average Bonchev–Trinajstić information content (AvgIpc) is 2.44. The summed E-state index contributed by atoms with van der Waals surface area (Å²) in [6.45, 7) is 6.12. The Morgan fingerprint density at radius 1 is 1.35 bits per heavy atom. The smallest absolute Gasteiger partial charge is 0.143 e. The molecule has 0 aliphatic carbocycles. The summed E-state index contributed by atoms with van der Waals surface area (Å²) in [4.78, 5) is 0. The van der Waals surface area contributed by atoms with Gasteiger partial charge in [0.05, 0.1) is 11.1 Å². The molecule has 5 heteroatoms. The maximum atomic E-state index is 14.0. The molecule has 0 amide bonds. The second-order valence-corrected chi connectivity index (χ2v) is 6.19. The SMILES string of the molecule is CCC(C)(CNCCOC)Cc1c(F)ccc(Br)c1F. The van der Waals surface area contributed by atoms with E-state index in [1.54, 1.807) is 7.11 Å². The first-order valence-electron chi connectivity index (χ1n) is 6.75. The van der Waals surface area contributed by atoms with Crippen LogP contribution in [0.1, 0.15) is 25.8 Å². The summed E-state index contributed by atoms with van der Waals surface area (Å²) in [5.74, 6) is -0.983. The summed E-state index contributed by atoms with van der Waals surface area (Å²) < 4.78 is 33.2. The van der Waals surface area contributed by atoms with Crippen molar-refractivity contribution in [2.45, 2.75) is 26.7 Å². The molecule has 1 aromatic rings. The molecule has 0 aliphatic heterocycles. The Labute approximate surface area is 128 Å². The van der Waals surface area contributed by atoms with Crippen molar-refractivity contribution in [3.8, 4) is 0 Å². The molecule has 1 aromatic carbocycles. The van der Waals surface area contributed by atoms with Gasteiger partial charge in [-0.25, -0.2) is 8.78 Å². The molecule has 114 valence electrons. The maximum absolute atomic E-state index is 14.0. The Morgan fingerprint density at radius 2 is 2.05 bits per heavy atom. The molecule has 0 aliphatic rings. The largest absolute Gasteiger partial charge is 0.383 e. The van der Waals surface area contributed by atoms with E-state index in [2.05, 4.69) is 21.2 Å². The predicted octanol–water partition coefficient (Wildman–Crippen LogP) is 3.92. The van der Waals surface area contributed by atoms with Gasteiger partial charge < -0.3 is 10.1 Å². The van der Waals surface area contributed by atoms with Crippen LogP contribution in [0.15, 0.2) is 16.6 Å². The molecular formula is C15H22BrF2NO. The van der Waals surface area contributed by atoms with Crippen LogP contribution in [-0.2, 0) is 11.2 Å². The molecule has 0 radical (unpaired) electrons. The van der Waals surface area contributed by atoms with Gasteiger partial charge in [0.15, 0.2) is 0 Å². The summed E-state index contributed by atoms with van der Waals surface area (Å²) >= 11 is 3.11. The van der Waals surface area contributed by atoms with Crippen LogP contribution in [0.4, 0.5) is 8.78 Å². The van der Waals surface area contributed by atoms with Crippen LogP contribution >= 0.6 is 15.9 Å². The van der Waals surface area contributed by atoms with E-state index in [1.165, 1.54) is 12.1 Å². The summed E-state index contributed by atoms with van der Waals surface area (Å²) in [7, 11) is 1.65. The topological polar surface area (TPSA) is 21.3 Å². The second-order valence-electron chi connectivity index (χ2n) is 5.33. The molecule has 0 saturated heterocycles. The number of methoxy groups -OCH3 is 1. The van der Waals surface area contributed by atoms with Gasteiger partial charge in [-0.2, -0.15) is 0 Å². The molecule has 20 heavy (non-hydrogen) atoms. The molecule has 1 N–H and O–H groups in total. The summed E-state index contributed by atoms with van der Waals surface area (Å²) in [5.41, 5.74) is -0.0480. The molecule has 1 atom stereocenters. The first-order valence-corrected chi connectivity index (χ1v) is 7.55. The van der Waals surface area contributed by atoms with E-state index in [9.17, 15) is 8.78 Å². The van der Waals surface area contributed by atoms with Crippen molar-refractivity contribution < 1.29 is 13.5 Å². The lowest BCUT2D eigenvalue weighted by Gasteiger charge is -2.29. The summed E-state index contributed by atoms with van der Waals surface area (Å²) in [5, 5.41) is 3.27. The average molecular weight is 350 g/mol. The minimum Gasteiger partial charge on any atom is -0.383 e. The van der Waals surface area contributed by atoms with Crippen molar-refractivity contribution in [1.29, 1.82) is 0 Å². The van der Waals surface area contributed by atoms with E-state index >= 15 is 0 Å². The summed E-state index contributed by atoms with van der Waals surface area (Å²) in [6.07, 6.45) is 1.19. The molecule has 0 saturated carbocycles. The highest BCUT2D eigenvalue weighted by molar-refractivity contribution is 9.10. The quantitative estimate of drug-likeness (QED) is 0.567. The van der Waals surface area contributed by atoms with Gasteiger partial charge in [0.25, 0.3) is 0 Å². The van der Waals surface area contributed by atoms with Gasteiger partial charge >= 0.3 is 0 Å². The van der Waals surface area contributed by atoms with Crippen LogP contribution in [0.5, 0.6) is 0 Å². The fourth-order valence-corrected chi connectivity index (χ4v) is 2.41. The van der Waals surface area contributed by atoms with Gasteiger partial charge in [-0.3, -0.25) is 0 Å². The van der Waals surface area contributed by atoms with Crippen molar-refractivity contribution in [1.82, 2.24) is 5.32 Å². The molecule has 0 fully saturated rings. The zero-order valence-electron chi connectivity index (χ0n) is 12.2. The van der Waals surface area contributed by atoms with E-state index < -0.39 is 11.6 Å². The van der Waals surface area contributed by atoms with Crippen molar-refractivity contribution >= 4 is 15.9 Å². The van der Waals surface area contributed by atoms with E-state index in [4.69, 9.17) is 4.74 Å². The van der Waals surface area contributed by atoms with E-state index in [-0.39, 0.29) is 11.0 Å². The first-order chi connectivity index (χ1) is 9.43. The molecule has 0 heterocycles. The zero-order chi connectivity index (χ0) is 15.2. The third-order valence-corrected chi connectivity index (χ3v) is 4.24. The fourth-order valence-electron chi connectivity index (χ4n) is 2.03. The van der Waals surface area contributed by atoms with Crippen LogP contribution in [0, 0.1) is 17.0 Å². The Balaban J connectivity index is 2.79. The fraction of sp³-hybridized carbons (Fsp3) is 0.600. The van der Waals surface area contributed by atoms with Gasteiger partial charge in [0, 0.05) is 25.8 Å². The minimum absolute atomic E-state index is 0.150. The standard InChI is InChI=1S/C15H22BrF2NO/c1-4-15(2,10-19-7-8-20-3)9-11-13(17)6-5-12(16)14(11)18/h5-6,19H,4,7-10H2,1-3H3. The highest BCUT2D eigenvalue weighted by atomic mass is 79.9. The van der Waals surface area contributed by atoms with Crippen LogP contribution < -0.4 is 5.32 Å². The number of hydrogen-bond donors (Lipinski definition) is 1. The molecule has 1 unspecified atom stereocenters. The molecule has 2 nitrogen and oxygen atoms in total. The second kappa shape index (κ2) is 8.05. The van der Waals surface area contributed by atoms with Crippen LogP contribution in [0.25, 0.3) is 0 Å². The Hall–Kier alpha value is -0.520.